The fourth-order valence-electron chi connectivity index (χ4n) is 2.59. The number of anilines is 1. The Morgan fingerprint density at radius 3 is 2.31 bits per heavy atom. The molecule has 2 aromatic carbocycles. The van der Waals surface area contributed by atoms with E-state index in [-0.39, 0.29) is 18.2 Å². The van der Waals surface area contributed by atoms with Gasteiger partial charge >= 0.3 is 0 Å². The van der Waals surface area contributed by atoms with Gasteiger partial charge in [-0.15, -0.1) is 0 Å². The Morgan fingerprint density at radius 1 is 1.08 bits per heavy atom. The summed E-state index contributed by atoms with van der Waals surface area (Å²) >= 11 is 6.16. The summed E-state index contributed by atoms with van der Waals surface area (Å²) in [5.74, 6) is 0.250. The van der Waals surface area contributed by atoms with Gasteiger partial charge in [0, 0.05) is 37.1 Å². The summed E-state index contributed by atoms with van der Waals surface area (Å²) in [5.41, 5.74) is 2.86. The third-order valence-electron chi connectivity index (χ3n) is 4.23. The molecule has 0 fully saturated rings. The van der Waals surface area contributed by atoms with Crippen molar-refractivity contribution in [2.45, 2.75) is 39.7 Å². The molecule has 0 heterocycles. The minimum Gasteiger partial charge on any atom is -0.338 e. The van der Waals surface area contributed by atoms with Gasteiger partial charge in [0.25, 0.3) is 0 Å². The van der Waals surface area contributed by atoms with Crippen LogP contribution < -0.4 is 5.32 Å². The Morgan fingerprint density at radius 2 is 1.73 bits per heavy atom. The van der Waals surface area contributed by atoms with Gasteiger partial charge in [-0.05, 0) is 35.2 Å². The number of rotatable bonds is 7. The van der Waals surface area contributed by atoms with Crippen molar-refractivity contribution in [3.63, 3.8) is 0 Å². The topological polar surface area (TPSA) is 49.4 Å². The maximum atomic E-state index is 12.2. The maximum absolute atomic E-state index is 12.2. The molecule has 0 aliphatic carbocycles. The monoisotopic (exact) mass is 372 g/mol. The SMILES string of the molecule is CC(=O)N(CCC(=O)Nc1ccc(C(C)C)cc1)Cc1ccccc1Cl. The van der Waals surface area contributed by atoms with Crippen LogP contribution in [-0.4, -0.2) is 23.3 Å². The third kappa shape index (κ3) is 5.88. The van der Waals surface area contributed by atoms with Crippen molar-refractivity contribution in [3.05, 3.63) is 64.7 Å². The highest BCUT2D eigenvalue weighted by Crippen LogP contribution is 2.18. The third-order valence-corrected chi connectivity index (χ3v) is 4.60. The number of nitrogens with zero attached hydrogens (tertiary/aromatic N) is 1. The van der Waals surface area contributed by atoms with E-state index in [9.17, 15) is 9.59 Å². The average Bonchev–Trinajstić information content (AvgIpc) is 2.60. The Balaban J connectivity index is 1.91. The second-order valence-corrected chi connectivity index (χ2v) is 7.01. The molecule has 1 N–H and O–H groups in total. The summed E-state index contributed by atoms with van der Waals surface area (Å²) in [5, 5.41) is 3.49. The van der Waals surface area contributed by atoms with E-state index in [1.165, 1.54) is 12.5 Å². The quantitative estimate of drug-likeness (QED) is 0.755. The Kier molecular flexibility index (Phi) is 7.22. The number of hydrogen-bond acceptors (Lipinski definition) is 2. The van der Waals surface area contributed by atoms with E-state index >= 15 is 0 Å². The largest absolute Gasteiger partial charge is 0.338 e. The van der Waals surface area contributed by atoms with Crippen molar-refractivity contribution in [3.8, 4) is 0 Å². The molecule has 2 rings (SSSR count). The Hall–Kier alpha value is -2.33. The number of halogens is 1. The highest BCUT2D eigenvalue weighted by molar-refractivity contribution is 6.31. The van der Waals surface area contributed by atoms with Crippen LogP contribution in [0.15, 0.2) is 48.5 Å². The van der Waals surface area contributed by atoms with Crippen LogP contribution in [0.25, 0.3) is 0 Å². The molecule has 0 spiro atoms. The van der Waals surface area contributed by atoms with Gasteiger partial charge in [-0.3, -0.25) is 9.59 Å². The summed E-state index contributed by atoms with van der Waals surface area (Å²) in [4.78, 5) is 25.7. The predicted octanol–water partition coefficient (Wildman–Crippen LogP) is 4.84. The first-order valence-electron chi connectivity index (χ1n) is 8.75. The van der Waals surface area contributed by atoms with Crippen molar-refractivity contribution >= 4 is 29.1 Å². The van der Waals surface area contributed by atoms with Crippen LogP contribution in [-0.2, 0) is 16.1 Å². The number of nitrogens with one attached hydrogen (secondary N) is 1. The summed E-state index contributed by atoms with van der Waals surface area (Å²) < 4.78 is 0. The highest BCUT2D eigenvalue weighted by Gasteiger charge is 2.13. The van der Waals surface area contributed by atoms with Crippen molar-refractivity contribution in [2.75, 3.05) is 11.9 Å². The Bertz CT molecular complexity index is 757. The van der Waals surface area contributed by atoms with Gasteiger partial charge < -0.3 is 10.2 Å². The van der Waals surface area contributed by atoms with Crippen LogP contribution in [0.3, 0.4) is 0 Å². The Labute approximate surface area is 160 Å². The summed E-state index contributed by atoms with van der Waals surface area (Å²) in [7, 11) is 0. The van der Waals surface area contributed by atoms with Crippen LogP contribution in [0.4, 0.5) is 5.69 Å². The molecule has 0 radical (unpaired) electrons. The molecule has 2 aromatic rings. The summed E-state index contributed by atoms with van der Waals surface area (Å²) in [6.07, 6.45) is 0.232. The van der Waals surface area contributed by atoms with Crippen LogP contribution in [0.2, 0.25) is 5.02 Å². The number of benzene rings is 2. The van der Waals surface area contributed by atoms with Gasteiger partial charge in [0.05, 0.1) is 0 Å². The fraction of sp³-hybridized carbons (Fsp3) is 0.333. The van der Waals surface area contributed by atoms with E-state index in [2.05, 4.69) is 19.2 Å². The van der Waals surface area contributed by atoms with Crippen LogP contribution in [0.5, 0.6) is 0 Å². The van der Waals surface area contributed by atoms with E-state index in [4.69, 9.17) is 11.6 Å². The van der Waals surface area contributed by atoms with Crippen LogP contribution >= 0.6 is 11.6 Å². The second-order valence-electron chi connectivity index (χ2n) is 6.61. The summed E-state index contributed by atoms with van der Waals surface area (Å²) in [6.45, 7) is 6.49. The first kappa shape index (κ1) is 20.0. The molecule has 0 aliphatic heterocycles. The van der Waals surface area contributed by atoms with Crippen LogP contribution in [0, 0.1) is 0 Å². The standard InChI is InChI=1S/C21H25ClN2O2/c1-15(2)17-8-10-19(11-9-17)23-21(26)12-13-24(16(3)25)14-18-6-4-5-7-20(18)22/h4-11,15H,12-14H2,1-3H3,(H,23,26). The normalized spacial score (nSPS) is 10.7. The lowest BCUT2D eigenvalue weighted by Crippen LogP contribution is -2.31. The zero-order valence-electron chi connectivity index (χ0n) is 15.5. The molecule has 0 saturated carbocycles. The average molecular weight is 373 g/mol. The minimum absolute atomic E-state index is 0.0843. The van der Waals surface area contributed by atoms with Gasteiger partial charge in [0.2, 0.25) is 11.8 Å². The van der Waals surface area contributed by atoms with E-state index < -0.39 is 0 Å². The second kappa shape index (κ2) is 9.39. The molecule has 2 amide bonds. The van der Waals surface area contributed by atoms with Gasteiger partial charge in [-0.25, -0.2) is 0 Å². The molecule has 138 valence electrons. The lowest BCUT2D eigenvalue weighted by Gasteiger charge is -2.21. The van der Waals surface area contributed by atoms with Gasteiger partial charge in [-0.1, -0.05) is 55.8 Å². The fourth-order valence-corrected chi connectivity index (χ4v) is 2.79. The maximum Gasteiger partial charge on any atom is 0.226 e. The molecule has 0 aromatic heterocycles. The van der Waals surface area contributed by atoms with Crippen LogP contribution in [0.1, 0.15) is 44.2 Å². The first-order chi connectivity index (χ1) is 12.4. The van der Waals surface area contributed by atoms with Gasteiger partial charge in [-0.2, -0.15) is 0 Å². The molecular weight excluding hydrogens is 348 g/mol. The molecule has 0 bridgehead atoms. The minimum atomic E-state index is -0.118. The molecule has 0 atom stereocenters. The van der Waals surface area contributed by atoms with E-state index in [0.717, 1.165) is 11.3 Å². The number of carbonyl (C=O) groups excluding carboxylic acids is 2. The molecule has 4 nitrogen and oxygen atoms in total. The van der Waals surface area contributed by atoms with E-state index in [0.29, 0.717) is 24.0 Å². The number of amides is 2. The number of carbonyl (C=O) groups is 2. The lowest BCUT2D eigenvalue weighted by atomic mass is 10.0. The van der Waals surface area contributed by atoms with E-state index in [1.54, 1.807) is 11.0 Å². The lowest BCUT2D eigenvalue weighted by molar-refractivity contribution is -0.129. The smallest absolute Gasteiger partial charge is 0.226 e. The molecule has 0 aliphatic rings. The summed E-state index contributed by atoms with van der Waals surface area (Å²) in [6, 6.07) is 15.2. The van der Waals surface area contributed by atoms with Crippen molar-refractivity contribution < 1.29 is 9.59 Å². The molecular formula is C21H25ClN2O2. The van der Waals surface area contributed by atoms with Gasteiger partial charge in [0.1, 0.15) is 0 Å². The zero-order chi connectivity index (χ0) is 19.1. The molecule has 26 heavy (non-hydrogen) atoms. The number of hydrogen-bond donors (Lipinski definition) is 1. The zero-order valence-corrected chi connectivity index (χ0v) is 16.2. The predicted molar refractivity (Wildman–Crippen MR) is 106 cm³/mol. The molecule has 5 heteroatoms. The highest BCUT2D eigenvalue weighted by atomic mass is 35.5. The van der Waals surface area contributed by atoms with Crippen molar-refractivity contribution in [1.29, 1.82) is 0 Å². The van der Waals surface area contributed by atoms with Gasteiger partial charge in [0.15, 0.2) is 0 Å². The molecule has 0 unspecified atom stereocenters. The van der Waals surface area contributed by atoms with Crippen molar-refractivity contribution in [1.82, 2.24) is 4.90 Å². The van der Waals surface area contributed by atoms with Crippen molar-refractivity contribution in [2.24, 2.45) is 0 Å². The first-order valence-corrected chi connectivity index (χ1v) is 9.13. The molecule has 0 saturated heterocycles. The van der Waals surface area contributed by atoms with E-state index in [1.807, 2.05) is 42.5 Å².